The summed E-state index contributed by atoms with van der Waals surface area (Å²) in [6.07, 6.45) is 0.915. The maximum Gasteiger partial charge on any atom is 0.262 e. The van der Waals surface area contributed by atoms with Crippen LogP contribution in [0.15, 0.2) is 29.4 Å². The predicted octanol–water partition coefficient (Wildman–Crippen LogP) is 0.767. The van der Waals surface area contributed by atoms with Crippen LogP contribution < -0.4 is 5.32 Å². The molecule has 0 aliphatic heterocycles. The molecule has 2 rings (SSSR count). The highest BCUT2D eigenvalue weighted by Crippen LogP contribution is 2.25. The van der Waals surface area contributed by atoms with E-state index in [1.807, 2.05) is 6.92 Å². The van der Waals surface area contributed by atoms with Gasteiger partial charge in [-0.15, -0.1) is 0 Å². The Morgan fingerprint density at radius 1 is 1.48 bits per heavy atom. The molecule has 0 fully saturated rings. The van der Waals surface area contributed by atoms with Gasteiger partial charge in [-0.2, -0.15) is 4.31 Å². The molecule has 0 bridgehead atoms. The number of aliphatic hydroxyl groups excluding tert-OH is 1. The fraction of sp³-hybridized carbons (Fsp3) is 0.462. The molecular weight excluding hydrogens is 292 g/mol. The number of aliphatic hydroxyl groups is 1. The molecule has 2 N–H and O–H groups in total. The third kappa shape index (κ3) is 3.02. The highest BCUT2D eigenvalue weighted by Gasteiger charge is 2.29. The first-order chi connectivity index (χ1) is 9.87. The van der Waals surface area contributed by atoms with Crippen molar-refractivity contribution in [3.63, 3.8) is 0 Å². The summed E-state index contributed by atoms with van der Waals surface area (Å²) >= 11 is 0. The molecule has 0 aliphatic carbocycles. The van der Waals surface area contributed by atoms with Gasteiger partial charge in [-0.3, -0.25) is 4.40 Å². The standard InChI is InChI=1S/C13H20N4O3S/c1-4-14-12-13(17-8-6-5-7-11(17)15-12)21(19,20)16(3)9-10(2)18/h5-8,10,14,18H,4,9H2,1-3H3. The van der Waals surface area contributed by atoms with E-state index in [0.29, 0.717) is 18.0 Å². The number of anilines is 1. The fourth-order valence-corrected chi connectivity index (χ4v) is 3.59. The highest BCUT2D eigenvalue weighted by molar-refractivity contribution is 7.89. The van der Waals surface area contributed by atoms with Crippen molar-refractivity contribution in [1.82, 2.24) is 13.7 Å². The number of hydrogen-bond donors (Lipinski definition) is 2. The molecule has 21 heavy (non-hydrogen) atoms. The van der Waals surface area contributed by atoms with E-state index in [9.17, 15) is 13.5 Å². The number of fused-ring (bicyclic) bond motifs is 1. The van der Waals surface area contributed by atoms with Gasteiger partial charge in [0.25, 0.3) is 10.0 Å². The number of hydrogen-bond acceptors (Lipinski definition) is 5. The summed E-state index contributed by atoms with van der Waals surface area (Å²) in [5.74, 6) is 0.321. The minimum atomic E-state index is -3.76. The molecule has 2 heterocycles. The van der Waals surface area contributed by atoms with E-state index in [2.05, 4.69) is 10.3 Å². The molecule has 2 aromatic heterocycles. The van der Waals surface area contributed by atoms with Gasteiger partial charge in [0.1, 0.15) is 5.65 Å². The molecule has 1 atom stereocenters. The number of sulfonamides is 1. The largest absolute Gasteiger partial charge is 0.392 e. The van der Waals surface area contributed by atoms with Crippen molar-refractivity contribution < 1.29 is 13.5 Å². The summed E-state index contributed by atoms with van der Waals surface area (Å²) < 4.78 is 28.2. The lowest BCUT2D eigenvalue weighted by Crippen LogP contribution is -2.34. The Bertz CT molecular complexity index is 724. The molecule has 7 nitrogen and oxygen atoms in total. The number of likely N-dealkylation sites (N-methyl/N-ethyl adjacent to an activating group) is 1. The lowest BCUT2D eigenvalue weighted by Gasteiger charge is -2.19. The van der Waals surface area contributed by atoms with Crippen LogP contribution in [0.25, 0.3) is 5.65 Å². The summed E-state index contributed by atoms with van der Waals surface area (Å²) in [6, 6.07) is 5.29. The van der Waals surface area contributed by atoms with Gasteiger partial charge in [-0.1, -0.05) is 6.07 Å². The number of pyridine rings is 1. The van der Waals surface area contributed by atoms with E-state index < -0.39 is 16.1 Å². The molecule has 2 aromatic rings. The number of imidazole rings is 1. The number of nitrogens with one attached hydrogen (secondary N) is 1. The molecule has 8 heteroatoms. The Hall–Kier alpha value is -1.64. The second-order valence-corrected chi connectivity index (χ2v) is 6.82. The first-order valence-corrected chi connectivity index (χ1v) is 8.17. The Balaban J connectivity index is 2.60. The van der Waals surface area contributed by atoms with Gasteiger partial charge in [0.15, 0.2) is 10.8 Å². The van der Waals surface area contributed by atoms with E-state index in [4.69, 9.17) is 0 Å². The van der Waals surface area contributed by atoms with Crippen LogP contribution in [-0.4, -0.2) is 53.5 Å². The van der Waals surface area contributed by atoms with E-state index >= 15 is 0 Å². The Kier molecular flexibility index (Phi) is 4.50. The van der Waals surface area contributed by atoms with Gasteiger partial charge in [0.05, 0.1) is 6.10 Å². The quantitative estimate of drug-likeness (QED) is 0.822. The second-order valence-electron chi connectivity index (χ2n) is 4.86. The first-order valence-electron chi connectivity index (χ1n) is 6.73. The van der Waals surface area contributed by atoms with E-state index in [1.165, 1.54) is 11.4 Å². The van der Waals surface area contributed by atoms with Crippen LogP contribution in [-0.2, 0) is 10.0 Å². The summed E-state index contributed by atoms with van der Waals surface area (Å²) in [7, 11) is -2.31. The van der Waals surface area contributed by atoms with Crippen molar-refractivity contribution >= 4 is 21.5 Å². The summed E-state index contributed by atoms with van der Waals surface area (Å²) in [5, 5.41) is 12.5. The van der Waals surface area contributed by atoms with Gasteiger partial charge in [-0.05, 0) is 26.0 Å². The van der Waals surface area contributed by atoms with E-state index in [-0.39, 0.29) is 11.6 Å². The van der Waals surface area contributed by atoms with Gasteiger partial charge < -0.3 is 10.4 Å². The predicted molar refractivity (Wildman–Crippen MR) is 80.9 cm³/mol. The third-order valence-electron chi connectivity index (χ3n) is 3.01. The van der Waals surface area contributed by atoms with Crippen molar-refractivity contribution in [2.24, 2.45) is 0 Å². The molecule has 0 spiro atoms. The van der Waals surface area contributed by atoms with Gasteiger partial charge in [-0.25, -0.2) is 13.4 Å². The fourth-order valence-electron chi connectivity index (χ4n) is 2.12. The maximum absolute atomic E-state index is 12.8. The minimum Gasteiger partial charge on any atom is -0.392 e. The second kappa shape index (κ2) is 6.00. The van der Waals surface area contributed by atoms with Crippen molar-refractivity contribution in [2.75, 3.05) is 25.5 Å². The molecule has 0 saturated heterocycles. The molecule has 0 radical (unpaired) electrons. The summed E-state index contributed by atoms with van der Waals surface area (Å²) in [5.41, 5.74) is 0.553. The molecule has 1 unspecified atom stereocenters. The number of aromatic nitrogens is 2. The van der Waals surface area contributed by atoms with Crippen molar-refractivity contribution in [3.05, 3.63) is 24.4 Å². The molecule has 0 amide bonds. The molecule has 0 aromatic carbocycles. The Labute approximate surface area is 124 Å². The van der Waals surface area contributed by atoms with Crippen LogP contribution in [0.5, 0.6) is 0 Å². The Morgan fingerprint density at radius 2 is 2.19 bits per heavy atom. The zero-order chi connectivity index (χ0) is 15.6. The third-order valence-corrected chi connectivity index (χ3v) is 4.85. The lowest BCUT2D eigenvalue weighted by molar-refractivity contribution is 0.171. The van der Waals surface area contributed by atoms with Crippen molar-refractivity contribution in [2.45, 2.75) is 25.0 Å². The van der Waals surface area contributed by atoms with E-state index in [0.717, 1.165) is 4.31 Å². The average Bonchev–Trinajstić information content (AvgIpc) is 2.76. The smallest absolute Gasteiger partial charge is 0.262 e. The molecular formula is C13H20N4O3S. The first kappa shape index (κ1) is 15.7. The average molecular weight is 312 g/mol. The van der Waals surface area contributed by atoms with Crippen LogP contribution in [0.1, 0.15) is 13.8 Å². The van der Waals surface area contributed by atoms with Gasteiger partial charge in [0, 0.05) is 26.3 Å². The van der Waals surface area contributed by atoms with Crippen LogP contribution in [0.2, 0.25) is 0 Å². The van der Waals surface area contributed by atoms with Gasteiger partial charge in [0.2, 0.25) is 0 Å². The van der Waals surface area contributed by atoms with Crippen LogP contribution in [0.4, 0.5) is 5.82 Å². The van der Waals surface area contributed by atoms with Crippen LogP contribution in [0.3, 0.4) is 0 Å². The number of rotatable bonds is 6. The van der Waals surface area contributed by atoms with Crippen LogP contribution >= 0.6 is 0 Å². The zero-order valence-electron chi connectivity index (χ0n) is 12.3. The topological polar surface area (TPSA) is 86.9 Å². The molecule has 0 aliphatic rings. The summed E-state index contributed by atoms with van der Waals surface area (Å²) in [4.78, 5) is 4.31. The number of nitrogens with zero attached hydrogens (tertiary/aromatic N) is 3. The van der Waals surface area contributed by atoms with Crippen LogP contribution in [0, 0.1) is 0 Å². The monoisotopic (exact) mass is 312 g/mol. The van der Waals surface area contributed by atoms with Crippen molar-refractivity contribution in [1.29, 1.82) is 0 Å². The van der Waals surface area contributed by atoms with Gasteiger partial charge >= 0.3 is 0 Å². The molecule has 0 saturated carbocycles. The van der Waals surface area contributed by atoms with Crippen molar-refractivity contribution in [3.8, 4) is 0 Å². The summed E-state index contributed by atoms with van der Waals surface area (Å²) in [6.45, 7) is 4.01. The normalized spacial score (nSPS) is 13.8. The zero-order valence-corrected chi connectivity index (χ0v) is 13.1. The van der Waals surface area contributed by atoms with E-state index in [1.54, 1.807) is 31.3 Å². The highest BCUT2D eigenvalue weighted by atomic mass is 32.2. The minimum absolute atomic E-state index is 0.0218. The lowest BCUT2D eigenvalue weighted by atomic mass is 10.4. The Morgan fingerprint density at radius 3 is 2.81 bits per heavy atom. The molecule has 116 valence electrons. The SMILES string of the molecule is CCNc1nc2ccccn2c1S(=O)(=O)N(C)CC(C)O. The maximum atomic E-state index is 12.8.